The van der Waals surface area contributed by atoms with Crippen LogP contribution in [0.2, 0.25) is 0 Å². The highest BCUT2D eigenvalue weighted by atomic mass is 33.8. The van der Waals surface area contributed by atoms with Gasteiger partial charge in [0.15, 0.2) is 24.8 Å². The van der Waals surface area contributed by atoms with Crippen LogP contribution in [0.15, 0.2) is 61.2 Å². The molecule has 112 valence electrons. The predicted octanol–water partition coefficient (Wildman–Crippen LogP) is 5.00. The number of hydrogen-bond donors (Lipinski definition) is 2. The van der Waals surface area contributed by atoms with Crippen molar-refractivity contribution in [2.24, 2.45) is 0 Å². The Hall–Kier alpha value is 1.35. The van der Waals surface area contributed by atoms with Gasteiger partial charge in [0.2, 0.25) is 0 Å². The summed E-state index contributed by atoms with van der Waals surface area (Å²) in [7, 11) is 4.76. The van der Waals surface area contributed by atoms with Crippen molar-refractivity contribution in [1.29, 1.82) is 0 Å². The number of thiol groups is 2. The molecule has 0 aliphatic carbocycles. The van der Waals surface area contributed by atoms with Crippen molar-refractivity contribution in [1.82, 2.24) is 0 Å². The fourth-order valence-corrected chi connectivity index (χ4v) is 24.4. The maximum Gasteiger partial charge on any atom is 0.309 e. The molecule has 0 aromatic carbocycles. The van der Waals surface area contributed by atoms with E-state index < -0.39 is 9.18 Å². The summed E-state index contributed by atoms with van der Waals surface area (Å²) in [5.41, 5.74) is 0. The third-order valence-electron chi connectivity index (χ3n) is 2.24. The van der Waals surface area contributed by atoms with E-state index in [9.17, 15) is 0 Å². The summed E-state index contributed by atoms with van der Waals surface area (Å²) in [5.74, 6) is 0. The number of aromatic nitrogens is 2. The zero-order valence-corrected chi connectivity index (χ0v) is 18.2. The normalized spacial score (nSPS) is 16.9. The Morgan fingerprint density at radius 2 is 1.00 bits per heavy atom. The molecule has 2 aromatic heterocycles. The maximum atomic E-state index is 5.63. The van der Waals surface area contributed by atoms with E-state index in [1.54, 1.807) is 30.7 Å². The predicted molar refractivity (Wildman–Crippen MR) is 113 cm³/mol. The molecular weight excluding hydrogens is 435 g/mol. The zero-order chi connectivity index (χ0) is 15.3. The lowest BCUT2D eigenvalue weighted by atomic mass is 10.5. The molecule has 2 atom stereocenters. The summed E-state index contributed by atoms with van der Waals surface area (Å²) in [6, 6.07) is 11.8. The standard InChI is InChI=1S/C10H10N2P2S7/c15-13(16,11-7-3-1-4-8-11)19-21-20-14(17,18)12-9-5-2-6-10-12/h1-10H/p+2. The van der Waals surface area contributed by atoms with Gasteiger partial charge in [-0.1, -0.05) is 36.6 Å². The lowest BCUT2D eigenvalue weighted by molar-refractivity contribution is -0.504. The van der Waals surface area contributed by atoms with E-state index in [-0.39, 0.29) is 0 Å². The smallest absolute Gasteiger partial charge is 0.169 e. The maximum absolute atomic E-state index is 5.63. The fourth-order valence-electron chi connectivity index (χ4n) is 1.29. The first-order chi connectivity index (χ1) is 9.92. The Kier molecular flexibility index (Phi) is 7.52. The van der Waals surface area contributed by atoms with Crippen LogP contribution in [0.3, 0.4) is 0 Å². The van der Waals surface area contributed by atoms with Crippen LogP contribution in [0.5, 0.6) is 0 Å². The quantitative estimate of drug-likeness (QED) is 0.366. The summed E-state index contributed by atoms with van der Waals surface area (Å²) in [4.78, 5) is 0. The second-order valence-corrected chi connectivity index (χ2v) is 26.7. The molecule has 0 N–H and O–H groups in total. The van der Waals surface area contributed by atoms with E-state index in [0.29, 0.717) is 0 Å². The molecule has 0 saturated heterocycles. The van der Waals surface area contributed by atoms with Crippen molar-refractivity contribution in [3.63, 3.8) is 0 Å². The summed E-state index contributed by atoms with van der Waals surface area (Å²) >= 11 is 20.6. The number of rotatable bonds is 6. The summed E-state index contributed by atoms with van der Waals surface area (Å²) in [6.45, 7) is 0. The summed E-state index contributed by atoms with van der Waals surface area (Å²) < 4.78 is -0.00711. The van der Waals surface area contributed by atoms with Gasteiger partial charge in [0.25, 0.3) is 0 Å². The molecule has 2 rings (SSSR count). The van der Waals surface area contributed by atoms with Crippen LogP contribution < -0.4 is 8.68 Å². The molecule has 21 heavy (non-hydrogen) atoms. The Labute approximate surface area is 156 Å². The van der Waals surface area contributed by atoms with Crippen molar-refractivity contribution in [2.75, 3.05) is 0 Å². The van der Waals surface area contributed by atoms with Crippen LogP contribution in [0.4, 0.5) is 0 Å². The van der Waals surface area contributed by atoms with E-state index in [1.807, 2.05) is 69.9 Å². The molecule has 0 aliphatic rings. The average Bonchev–Trinajstić information content (AvgIpc) is 2.49. The summed E-state index contributed by atoms with van der Waals surface area (Å²) in [6.07, 6.45) is 7.81. The van der Waals surface area contributed by atoms with E-state index in [2.05, 4.69) is 24.5 Å². The Balaban J connectivity index is 1.98. The van der Waals surface area contributed by atoms with Crippen molar-refractivity contribution in [3.8, 4) is 0 Å². The van der Waals surface area contributed by atoms with E-state index in [4.69, 9.17) is 23.6 Å². The molecule has 0 bridgehead atoms. The minimum Gasteiger partial charge on any atom is -0.169 e. The van der Waals surface area contributed by atoms with Gasteiger partial charge in [-0.05, 0) is 33.4 Å². The van der Waals surface area contributed by atoms with Crippen LogP contribution in [-0.2, 0) is 23.6 Å². The monoisotopic (exact) mass is 446 g/mol. The number of hydrogen-bond acceptors (Lipinski definition) is 5. The van der Waals surface area contributed by atoms with Crippen molar-refractivity contribution >= 4 is 87.9 Å². The van der Waals surface area contributed by atoms with Crippen LogP contribution in [0, 0.1) is 0 Å². The topological polar surface area (TPSA) is 7.76 Å². The first kappa shape index (κ1) is 18.7. The highest BCUT2D eigenvalue weighted by molar-refractivity contribution is 9.37. The first-order valence-corrected chi connectivity index (χ1v) is 18.1. The van der Waals surface area contributed by atoms with E-state index in [0.717, 1.165) is 0 Å². The minimum absolute atomic E-state index is 1.58. The highest BCUT2D eigenvalue weighted by Gasteiger charge is 2.29. The zero-order valence-electron chi connectivity index (χ0n) is 10.5. The van der Waals surface area contributed by atoms with Gasteiger partial charge in [0.1, 0.15) is 0 Å². The Morgan fingerprint density at radius 1 is 0.667 bits per heavy atom. The summed E-state index contributed by atoms with van der Waals surface area (Å²) in [5, 5.41) is 0. The van der Waals surface area contributed by atoms with Gasteiger partial charge in [0, 0.05) is 45.1 Å². The lowest BCUT2D eigenvalue weighted by Crippen LogP contribution is -2.25. The molecular formula is C10H12N2P2S7+2. The molecule has 2 unspecified atom stereocenters. The van der Waals surface area contributed by atoms with Crippen molar-refractivity contribution in [3.05, 3.63) is 61.2 Å². The first-order valence-electron chi connectivity index (χ1n) is 5.56. The van der Waals surface area contributed by atoms with E-state index in [1.165, 1.54) is 0 Å². The molecule has 0 saturated carbocycles. The van der Waals surface area contributed by atoms with Crippen LogP contribution in [-0.4, -0.2) is 0 Å². The third kappa shape index (κ3) is 5.73. The highest BCUT2D eigenvalue weighted by Crippen LogP contribution is 2.74. The number of nitrogens with zero attached hydrogens (tertiary/aromatic N) is 2. The van der Waals surface area contributed by atoms with Gasteiger partial charge in [-0.2, -0.15) is 8.68 Å². The van der Waals surface area contributed by atoms with Crippen LogP contribution in [0.25, 0.3) is 0 Å². The molecule has 0 aliphatic heterocycles. The average molecular weight is 447 g/mol. The van der Waals surface area contributed by atoms with Crippen LogP contribution in [0.1, 0.15) is 0 Å². The second kappa shape index (κ2) is 8.45. The SMILES string of the molecule is S=P(S)(SSSP(=S)(S)[n+]1ccccc1)[n+]1ccccc1. The molecule has 0 radical (unpaired) electrons. The molecule has 2 aromatic rings. The molecule has 2 heterocycles. The third-order valence-corrected chi connectivity index (χ3v) is 24.2. The van der Waals surface area contributed by atoms with E-state index >= 15 is 0 Å². The molecule has 11 heteroatoms. The van der Waals surface area contributed by atoms with Crippen molar-refractivity contribution < 1.29 is 8.68 Å². The Bertz CT molecular complexity index is 623. The van der Waals surface area contributed by atoms with Crippen molar-refractivity contribution in [2.45, 2.75) is 0 Å². The van der Waals surface area contributed by atoms with Gasteiger partial charge in [-0.25, -0.2) is 0 Å². The largest absolute Gasteiger partial charge is 0.309 e. The Morgan fingerprint density at radius 3 is 1.33 bits per heavy atom. The van der Waals surface area contributed by atoms with Gasteiger partial charge >= 0.3 is 9.18 Å². The van der Waals surface area contributed by atoms with Gasteiger partial charge in [-0.3, -0.25) is 0 Å². The molecule has 2 nitrogen and oxygen atoms in total. The van der Waals surface area contributed by atoms with Gasteiger partial charge < -0.3 is 0 Å². The number of pyridine rings is 2. The minimum atomic E-state index is -1.99. The molecule has 0 amide bonds. The second-order valence-electron chi connectivity index (χ2n) is 3.71. The fraction of sp³-hybridized carbons (Fsp3) is 0. The van der Waals surface area contributed by atoms with Gasteiger partial charge in [-0.15, -0.1) is 0 Å². The van der Waals surface area contributed by atoms with Gasteiger partial charge in [0.05, 0.1) is 0 Å². The lowest BCUT2D eigenvalue weighted by Gasteiger charge is -2.10. The molecule has 0 fully saturated rings. The molecule has 0 spiro atoms. The van der Waals surface area contributed by atoms with Crippen LogP contribution >= 0.6 is 64.3 Å².